The van der Waals surface area contributed by atoms with Crippen LogP contribution in [0.3, 0.4) is 0 Å². The van der Waals surface area contributed by atoms with Gasteiger partial charge < -0.3 is 9.80 Å². The average molecular weight is 348 g/mol. The number of hydrogen-bond donors (Lipinski definition) is 0. The second kappa shape index (κ2) is 7.36. The van der Waals surface area contributed by atoms with Crippen LogP contribution in [0, 0.1) is 5.92 Å². The van der Waals surface area contributed by atoms with Gasteiger partial charge in [0.2, 0.25) is 5.91 Å². The minimum Gasteiger partial charge on any atom is -0.373 e. The molecule has 2 heterocycles. The smallest absolute Gasteiger partial charge is 0.237 e. The van der Waals surface area contributed by atoms with Crippen molar-refractivity contribution in [3.8, 4) is 0 Å². The fraction of sp³-hybridized carbons (Fsp3) is 0.412. The van der Waals surface area contributed by atoms with Gasteiger partial charge in [0.05, 0.1) is 28.3 Å². The minimum atomic E-state index is 0.180. The summed E-state index contributed by atoms with van der Waals surface area (Å²) in [5.74, 6) is 1.90. The summed E-state index contributed by atoms with van der Waals surface area (Å²) in [5.41, 5.74) is 5.05. The summed E-state index contributed by atoms with van der Waals surface area (Å²) in [6, 6.07) is 8.18. The van der Waals surface area contributed by atoms with Crippen molar-refractivity contribution in [3.05, 3.63) is 40.8 Å². The number of thioether (sulfide) groups is 1. The van der Waals surface area contributed by atoms with E-state index in [2.05, 4.69) is 29.9 Å². The van der Waals surface area contributed by atoms with E-state index < -0.39 is 0 Å². The summed E-state index contributed by atoms with van der Waals surface area (Å²) in [6.45, 7) is 3.94. The van der Waals surface area contributed by atoms with Gasteiger partial charge in [-0.25, -0.2) is 4.98 Å². The molecule has 1 aromatic heterocycles. The molecule has 0 saturated carbocycles. The van der Waals surface area contributed by atoms with Crippen LogP contribution in [0.25, 0.3) is 0 Å². The van der Waals surface area contributed by atoms with Gasteiger partial charge in [0.25, 0.3) is 0 Å². The Balaban J connectivity index is 1.71. The molecule has 0 spiro atoms. The largest absolute Gasteiger partial charge is 0.373 e. The molecule has 23 heavy (non-hydrogen) atoms. The number of benzene rings is 1. The second-order valence-corrected chi connectivity index (χ2v) is 7.66. The fourth-order valence-corrected chi connectivity index (χ4v) is 4.38. The van der Waals surface area contributed by atoms with Crippen LogP contribution in [0.5, 0.6) is 0 Å². The van der Waals surface area contributed by atoms with Crippen molar-refractivity contribution in [2.75, 3.05) is 35.7 Å². The monoisotopic (exact) mass is 347 g/mol. The van der Waals surface area contributed by atoms with Crippen LogP contribution in [0.1, 0.15) is 12.6 Å². The number of carbonyl (C=O) groups excluding carboxylic acids is 1. The molecule has 1 aliphatic heterocycles. The predicted octanol–water partition coefficient (Wildman–Crippen LogP) is 3.50. The number of carbonyl (C=O) groups is 1. The normalized spacial score (nSPS) is 17.7. The van der Waals surface area contributed by atoms with Gasteiger partial charge in [-0.15, -0.1) is 23.1 Å². The summed E-state index contributed by atoms with van der Waals surface area (Å²) < 4.78 is 0. The maximum atomic E-state index is 12.8. The zero-order valence-electron chi connectivity index (χ0n) is 13.4. The van der Waals surface area contributed by atoms with Crippen molar-refractivity contribution in [2.45, 2.75) is 12.7 Å². The van der Waals surface area contributed by atoms with Gasteiger partial charge in [0, 0.05) is 31.3 Å². The molecule has 0 fully saturated rings. The average Bonchev–Trinajstić information content (AvgIpc) is 3.01. The van der Waals surface area contributed by atoms with Gasteiger partial charge >= 0.3 is 0 Å². The number of aromatic nitrogens is 1. The van der Waals surface area contributed by atoms with Crippen molar-refractivity contribution < 1.29 is 4.79 Å². The first-order valence-corrected chi connectivity index (χ1v) is 9.80. The molecular weight excluding hydrogens is 326 g/mol. The molecule has 0 radical (unpaired) electrons. The zero-order chi connectivity index (χ0) is 16.2. The van der Waals surface area contributed by atoms with E-state index in [9.17, 15) is 4.79 Å². The summed E-state index contributed by atoms with van der Waals surface area (Å²) in [7, 11) is 2.10. The molecule has 2 aromatic rings. The molecule has 1 aromatic carbocycles. The van der Waals surface area contributed by atoms with Crippen LogP contribution in [0.2, 0.25) is 0 Å². The summed E-state index contributed by atoms with van der Waals surface area (Å²) in [5, 5.41) is 2.04. The highest BCUT2D eigenvalue weighted by atomic mass is 32.2. The van der Waals surface area contributed by atoms with Gasteiger partial charge in [-0.3, -0.25) is 4.79 Å². The molecule has 1 unspecified atom stereocenters. The number of anilines is 2. The van der Waals surface area contributed by atoms with Gasteiger partial charge in [-0.2, -0.15) is 0 Å². The SMILES string of the molecule is CC1CN(C)c2ccccc2N(C(=O)CSCc2cscn2)C1. The number of fused-ring (bicyclic) bond motifs is 1. The highest BCUT2D eigenvalue weighted by Crippen LogP contribution is 2.33. The Bertz CT molecular complexity index is 660. The molecule has 0 saturated heterocycles. The Morgan fingerprint density at radius 1 is 1.35 bits per heavy atom. The zero-order valence-corrected chi connectivity index (χ0v) is 15.1. The van der Waals surface area contributed by atoms with Gasteiger partial charge in [-0.1, -0.05) is 19.1 Å². The van der Waals surface area contributed by atoms with E-state index in [0.29, 0.717) is 11.7 Å². The Morgan fingerprint density at radius 2 is 2.13 bits per heavy atom. The lowest BCUT2D eigenvalue weighted by molar-refractivity contribution is -0.116. The van der Waals surface area contributed by atoms with Gasteiger partial charge in [-0.05, 0) is 18.1 Å². The number of thiazole rings is 1. The lowest BCUT2D eigenvalue weighted by atomic mass is 10.1. The van der Waals surface area contributed by atoms with Crippen LogP contribution in [0.4, 0.5) is 11.4 Å². The van der Waals surface area contributed by atoms with Crippen LogP contribution < -0.4 is 9.80 Å². The molecule has 3 rings (SSSR count). The number of nitrogens with zero attached hydrogens (tertiary/aromatic N) is 3. The number of rotatable bonds is 4. The molecule has 0 aliphatic carbocycles. The highest BCUT2D eigenvalue weighted by molar-refractivity contribution is 7.99. The number of para-hydroxylation sites is 2. The van der Waals surface area contributed by atoms with Crippen molar-refractivity contribution in [1.29, 1.82) is 0 Å². The van der Waals surface area contributed by atoms with Crippen LogP contribution >= 0.6 is 23.1 Å². The first kappa shape index (κ1) is 16.3. The van der Waals surface area contributed by atoms with Crippen molar-refractivity contribution in [1.82, 2.24) is 4.98 Å². The third-order valence-electron chi connectivity index (χ3n) is 3.92. The van der Waals surface area contributed by atoms with Crippen LogP contribution in [-0.2, 0) is 10.5 Å². The second-order valence-electron chi connectivity index (χ2n) is 5.95. The molecule has 0 N–H and O–H groups in total. The maximum absolute atomic E-state index is 12.8. The highest BCUT2D eigenvalue weighted by Gasteiger charge is 2.26. The lowest BCUT2D eigenvalue weighted by Gasteiger charge is -2.24. The standard InChI is InChI=1S/C17H21N3OS2/c1-13-7-19(2)15-5-3-4-6-16(15)20(8-13)17(21)11-22-9-14-10-23-12-18-14/h3-6,10,12-13H,7-9,11H2,1-2H3. The molecule has 1 amide bonds. The summed E-state index contributed by atoms with van der Waals surface area (Å²) >= 11 is 3.23. The molecule has 122 valence electrons. The third kappa shape index (κ3) is 3.87. The molecule has 6 heteroatoms. The van der Waals surface area contributed by atoms with E-state index in [1.807, 2.05) is 34.0 Å². The quantitative estimate of drug-likeness (QED) is 0.848. The van der Waals surface area contributed by atoms with Crippen LogP contribution in [-0.4, -0.2) is 36.8 Å². The molecule has 4 nitrogen and oxygen atoms in total. The third-order valence-corrected chi connectivity index (χ3v) is 5.51. The Hall–Kier alpha value is -1.53. The number of hydrogen-bond acceptors (Lipinski definition) is 5. The topological polar surface area (TPSA) is 36.4 Å². The van der Waals surface area contributed by atoms with Crippen molar-refractivity contribution >= 4 is 40.4 Å². The minimum absolute atomic E-state index is 0.180. The van der Waals surface area contributed by atoms with Crippen molar-refractivity contribution in [2.24, 2.45) is 5.92 Å². The predicted molar refractivity (Wildman–Crippen MR) is 99.5 cm³/mol. The Kier molecular flexibility index (Phi) is 5.23. The maximum Gasteiger partial charge on any atom is 0.237 e. The first-order valence-electron chi connectivity index (χ1n) is 7.70. The van der Waals surface area contributed by atoms with E-state index in [1.54, 1.807) is 23.1 Å². The number of amides is 1. The molecule has 0 bridgehead atoms. The van der Waals surface area contributed by atoms with Crippen LogP contribution in [0.15, 0.2) is 35.2 Å². The van der Waals surface area contributed by atoms with E-state index in [0.717, 1.165) is 35.9 Å². The summed E-state index contributed by atoms with van der Waals surface area (Å²) in [6.07, 6.45) is 0. The molecule has 1 aliphatic rings. The summed E-state index contributed by atoms with van der Waals surface area (Å²) in [4.78, 5) is 21.2. The lowest BCUT2D eigenvalue weighted by Crippen LogP contribution is -2.36. The van der Waals surface area contributed by atoms with E-state index in [1.165, 1.54) is 0 Å². The fourth-order valence-electron chi connectivity index (χ4n) is 2.91. The first-order chi connectivity index (χ1) is 11.1. The Labute approximate surface area is 145 Å². The van der Waals surface area contributed by atoms with Gasteiger partial charge in [0.1, 0.15) is 0 Å². The van der Waals surface area contributed by atoms with E-state index >= 15 is 0 Å². The Morgan fingerprint density at radius 3 is 2.87 bits per heavy atom. The van der Waals surface area contributed by atoms with Crippen molar-refractivity contribution in [3.63, 3.8) is 0 Å². The molecular formula is C17H21N3OS2. The van der Waals surface area contributed by atoms with E-state index in [4.69, 9.17) is 0 Å². The molecule has 1 atom stereocenters. The van der Waals surface area contributed by atoms with Gasteiger partial charge in [0.15, 0.2) is 0 Å². The van der Waals surface area contributed by atoms with E-state index in [-0.39, 0.29) is 5.91 Å².